The maximum Gasteiger partial charge on any atom is 0.573 e. The van der Waals surface area contributed by atoms with Crippen LogP contribution >= 0.6 is 0 Å². The number of hydrogen-bond acceptors (Lipinski definition) is 5. The lowest BCUT2D eigenvalue weighted by Crippen LogP contribution is -2.17. The number of benzene rings is 1. The summed E-state index contributed by atoms with van der Waals surface area (Å²) in [5, 5.41) is 0. The first-order valence-corrected chi connectivity index (χ1v) is 5.74. The lowest BCUT2D eigenvalue weighted by molar-refractivity contribution is -0.274. The van der Waals surface area contributed by atoms with E-state index in [-0.39, 0.29) is 17.3 Å². The molecular formula is C13H11F3N2O3. The number of rotatable bonds is 4. The smallest absolute Gasteiger partial charge is 0.496 e. The second kappa shape index (κ2) is 5.86. The van der Waals surface area contributed by atoms with Gasteiger partial charge in [-0.2, -0.15) is 4.98 Å². The van der Waals surface area contributed by atoms with E-state index in [2.05, 4.69) is 14.7 Å². The third-order valence-electron chi connectivity index (χ3n) is 2.49. The van der Waals surface area contributed by atoms with Crippen LogP contribution in [0.4, 0.5) is 13.2 Å². The van der Waals surface area contributed by atoms with Crippen molar-refractivity contribution >= 4 is 0 Å². The van der Waals surface area contributed by atoms with Crippen molar-refractivity contribution in [1.29, 1.82) is 0 Å². The highest BCUT2D eigenvalue weighted by molar-refractivity contribution is 5.66. The standard InChI is InChI=1S/C13H11F3N2O3/c1-19-10-7-8(21-13(14,15)16)3-4-9(10)12-17-6-5-11(18-12)20-2/h3-7H,1-2H3. The summed E-state index contributed by atoms with van der Waals surface area (Å²) < 4.78 is 50.5. The first-order valence-electron chi connectivity index (χ1n) is 5.74. The number of methoxy groups -OCH3 is 2. The van der Waals surface area contributed by atoms with Gasteiger partial charge in [0.2, 0.25) is 5.88 Å². The molecular weight excluding hydrogens is 289 g/mol. The SMILES string of the molecule is COc1ccnc(-c2ccc(OC(F)(F)F)cc2OC)n1. The van der Waals surface area contributed by atoms with Crippen molar-refractivity contribution in [1.82, 2.24) is 9.97 Å². The second-order valence-electron chi connectivity index (χ2n) is 3.83. The predicted molar refractivity (Wildman–Crippen MR) is 67.3 cm³/mol. The fourth-order valence-corrected chi connectivity index (χ4v) is 1.64. The van der Waals surface area contributed by atoms with E-state index in [1.165, 1.54) is 26.5 Å². The van der Waals surface area contributed by atoms with Crippen molar-refractivity contribution in [3.63, 3.8) is 0 Å². The van der Waals surface area contributed by atoms with E-state index in [0.29, 0.717) is 11.4 Å². The van der Waals surface area contributed by atoms with Gasteiger partial charge in [-0.15, -0.1) is 13.2 Å². The van der Waals surface area contributed by atoms with Gasteiger partial charge in [-0.1, -0.05) is 0 Å². The Balaban J connectivity index is 2.40. The molecule has 0 aliphatic carbocycles. The molecule has 1 heterocycles. The molecule has 8 heteroatoms. The summed E-state index contributed by atoms with van der Waals surface area (Å²) in [6.45, 7) is 0. The number of halogens is 3. The van der Waals surface area contributed by atoms with Gasteiger partial charge < -0.3 is 14.2 Å². The molecule has 1 aromatic heterocycles. The number of ether oxygens (including phenoxy) is 3. The van der Waals surface area contributed by atoms with Crippen LogP contribution in [0.2, 0.25) is 0 Å². The quantitative estimate of drug-likeness (QED) is 0.868. The largest absolute Gasteiger partial charge is 0.573 e. The van der Waals surface area contributed by atoms with Crippen LogP contribution in [0.25, 0.3) is 11.4 Å². The Kier molecular flexibility index (Phi) is 4.15. The molecule has 0 saturated heterocycles. The van der Waals surface area contributed by atoms with Crippen molar-refractivity contribution in [3.8, 4) is 28.8 Å². The van der Waals surface area contributed by atoms with Crippen molar-refractivity contribution in [2.75, 3.05) is 14.2 Å². The molecule has 0 bridgehead atoms. The minimum atomic E-state index is -4.76. The summed E-state index contributed by atoms with van der Waals surface area (Å²) in [4.78, 5) is 8.13. The minimum absolute atomic E-state index is 0.157. The van der Waals surface area contributed by atoms with E-state index in [9.17, 15) is 13.2 Å². The van der Waals surface area contributed by atoms with Crippen molar-refractivity contribution in [2.45, 2.75) is 6.36 Å². The zero-order valence-corrected chi connectivity index (χ0v) is 11.1. The molecule has 0 fully saturated rings. The Bertz CT molecular complexity index is 632. The van der Waals surface area contributed by atoms with E-state index >= 15 is 0 Å². The third-order valence-corrected chi connectivity index (χ3v) is 2.49. The lowest BCUT2D eigenvalue weighted by atomic mass is 10.1. The van der Waals surface area contributed by atoms with Gasteiger partial charge in [0.05, 0.1) is 19.8 Å². The highest BCUT2D eigenvalue weighted by atomic mass is 19.4. The molecule has 0 N–H and O–H groups in total. The first-order chi connectivity index (χ1) is 9.93. The second-order valence-corrected chi connectivity index (χ2v) is 3.83. The van der Waals surface area contributed by atoms with Crippen LogP contribution in [0.3, 0.4) is 0 Å². The Morgan fingerprint density at radius 1 is 1.05 bits per heavy atom. The van der Waals surface area contributed by atoms with Crippen LogP contribution in [-0.2, 0) is 0 Å². The van der Waals surface area contributed by atoms with Crippen molar-refractivity contribution in [2.24, 2.45) is 0 Å². The van der Waals surface area contributed by atoms with E-state index in [1.807, 2.05) is 0 Å². The van der Waals surface area contributed by atoms with E-state index in [0.717, 1.165) is 12.1 Å². The van der Waals surface area contributed by atoms with Gasteiger partial charge in [-0.25, -0.2) is 4.98 Å². The normalized spacial score (nSPS) is 11.1. The highest BCUT2D eigenvalue weighted by Crippen LogP contribution is 2.33. The summed E-state index contributed by atoms with van der Waals surface area (Å²) >= 11 is 0. The van der Waals surface area contributed by atoms with Gasteiger partial charge in [0.1, 0.15) is 11.5 Å². The highest BCUT2D eigenvalue weighted by Gasteiger charge is 2.31. The molecule has 0 spiro atoms. The Morgan fingerprint density at radius 2 is 1.81 bits per heavy atom. The Labute approximate surface area is 118 Å². The van der Waals surface area contributed by atoms with Crippen LogP contribution in [0.5, 0.6) is 17.4 Å². The minimum Gasteiger partial charge on any atom is -0.496 e. The van der Waals surface area contributed by atoms with Crippen molar-refractivity contribution < 1.29 is 27.4 Å². The Morgan fingerprint density at radius 3 is 2.43 bits per heavy atom. The van der Waals surface area contributed by atoms with Gasteiger partial charge in [0.15, 0.2) is 5.82 Å². The van der Waals surface area contributed by atoms with Crippen molar-refractivity contribution in [3.05, 3.63) is 30.5 Å². The van der Waals surface area contributed by atoms with Crippen LogP contribution in [-0.4, -0.2) is 30.5 Å². The van der Waals surface area contributed by atoms with Gasteiger partial charge in [0, 0.05) is 18.3 Å². The summed E-state index contributed by atoms with van der Waals surface area (Å²) in [6.07, 6.45) is -3.29. The summed E-state index contributed by atoms with van der Waals surface area (Å²) in [5.74, 6) is 0.374. The Hall–Kier alpha value is -2.51. The first kappa shape index (κ1) is 14.9. The number of aromatic nitrogens is 2. The molecule has 2 rings (SSSR count). The molecule has 0 amide bonds. The zero-order chi connectivity index (χ0) is 15.5. The molecule has 0 unspecified atom stereocenters. The van der Waals surface area contributed by atoms with Gasteiger partial charge in [0.25, 0.3) is 0 Å². The average molecular weight is 300 g/mol. The molecule has 0 saturated carbocycles. The molecule has 0 aliphatic rings. The maximum absolute atomic E-state index is 12.2. The van der Waals surface area contributed by atoms with Crippen LogP contribution in [0.15, 0.2) is 30.5 Å². The predicted octanol–water partition coefficient (Wildman–Crippen LogP) is 3.06. The van der Waals surface area contributed by atoms with E-state index in [4.69, 9.17) is 9.47 Å². The monoisotopic (exact) mass is 300 g/mol. The van der Waals surface area contributed by atoms with E-state index in [1.54, 1.807) is 6.07 Å². The molecule has 5 nitrogen and oxygen atoms in total. The van der Waals surface area contributed by atoms with Gasteiger partial charge >= 0.3 is 6.36 Å². The molecule has 0 radical (unpaired) electrons. The van der Waals surface area contributed by atoms with Crippen LogP contribution in [0, 0.1) is 0 Å². The fraction of sp³-hybridized carbons (Fsp3) is 0.231. The van der Waals surface area contributed by atoms with Gasteiger partial charge in [-0.05, 0) is 12.1 Å². The molecule has 2 aromatic rings. The fourth-order valence-electron chi connectivity index (χ4n) is 1.64. The number of hydrogen-bond donors (Lipinski definition) is 0. The summed E-state index contributed by atoms with van der Waals surface area (Å²) in [5.41, 5.74) is 0.422. The summed E-state index contributed by atoms with van der Waals surface area (Å²) in [7, 11) is 2.78. The maximum atomic E-state index is 12.2. The average Bonchev–Trinajstić information content (AvgIpc) is 2.45. The van der Waals surface area contributed by atoms with Gasteiger partial charge in [-0.3, -0.25) is 0 Å². The number of alkyl halides is 3. The molecule has 112 valence electrons. The van der Waals surface area contributed by atoms with Crippen LogP contribution < -0.4 is 14.2 Å². The van der Waals surface area contributed by atoms with Crippen LogP contribution in [0.1, 0.15) is 0 Å². The molecule has 0 atom stereocenters. The molecule has 0 aliphatic heterocycles. The van der Waals surface area contributed by atoms with E-state index < -0.39 is 6.36 Å². The topological polar surface area (TPSA) is 53.5 Å². The third kappa shape index (κ3) is 3.74. The summed E-state index contributed by atoms with van der Waals surface area (Å²) in [6, 6.07) is 5.21. The lowest BCUT2D eigenvalue weighted by Gasteiger charge is -2.12. The molecule has 1 aromatic carbocycles. The molecule has 21 heavy (non-hydrogen) atoms. The number of nitrogens with zero attached hydrogens (tertiary/aromatic N) is 2. The zero-order valence-electron chi connectivity index (χ0n) is 11.1.